The highest BCUT2D eigenvalue weighted by Crippen LogP contribution is 2.38. The Kier molecular flexibility index (Phi) is 12.8. The molecule has 0 saturated carbocycles. The molecule has 212 valence electrons. The van der Waals surface area contributed by atoms with Crippen molar-refractivity contribution in [3.05, 3.63) is 23.8 Å². The molecule has 1 aromatic carbocycles. The normalized spacial score (nSPS) is 13.1. The van der Waals surface area contributed by atoms with Crippen LogP contribution in [0.1, 0.15) is 18.4 Å². The van der Waals surface area contributed by atoms with E-state index in [-0.39, 0.29) is 0 Å². The van der Waals surface area contributed by atoms with Crippen LogP contribution in [0, 0.1) is 0 Å². The number of rotatable bonds is 16. The van der Waals surface area contributed by atoms with Crippen LogP contribution in [0.4, 0.5) is 0 Å². The van der Waals surface area contributed by atoms with Crippen LogP contribution in [0.2, 0.25) is 65.0 Å². The lowest BCUT2D eigenvalue weighted by molar-refractivity contribution is -0.137. The minimum Gasteiger partial charge on any atom is -0.493 e. The minimum absolute atomic E-state index is 0.315. The first kappa shape index (κ1) is 33.6. The molecule has 0 aromatic heterocycles. The Hall–Kier alpha value is -1.42. The summed E-state index contributed by atoms with van der Waals surface area (Å²) in [4.78, 5) is 12.3. The van der Waals surface area contributed by atoms with Gasteiger partial charge in [0.05, 0.1) is 27.9 Å². The summed E-state index contributed by atoms with van der Waals surface area (Å²) >= 11 is 0. The Balaban J connectivity index is 2.80. The molecule has 0 atom stereocenters. The first-order chi connectivity index (χ1) is 16.9. The molecule has 0 unspecified atom stereocenters. The van der Waals surface area contributed by atoms with E-state index >= 15 is 0 Å². The summed E-state index contributed by atoms with van der Waals surface area (Å²) < 4.78 is 41.6. The zero-order chi connectivity index (χ0) is 28.5. The summed E-state index contributed by atoms with van der Waals surface area (Å²) in [5.74, 6) is 1.12. The molecular formula is C25H48O8Si4. The molecule has 0 saturated heterocycles. The van der Waals surface area contributed by atoms with E-state index in [1.165, 1.54) is 6.08 Å². The molecule has 1 rings (SSSR count). The van der Waals surface area contributed by atoms with Crippen LogP contribution in [-0.4, -0.2) is 67.7 Å². The minimum atomic E-state index is -2.87. The monoisotopic (exact) mass is 588 g/mol. The smallest absolute Gasteiger partial charge is 0.469 e. The van der Waals surface area contributed by atoms with Crippen molar-refractivity contribution in [1.29, 1.82) is 0 Å². The third-order valence-electron chi connectivity index (χ3n) is 4.61. The number of unbranched alkanes of at least 4 members (excludes halogenated alkanes) is 1. The molecule has 1 aromatic rings. The third kappa shape index (κ3) is 13.3. The van der Waals surface area contributed by atoms with Crippen LogP contribution in [0.3, 0.4) is 0 Å². The predicted molar refractivity (Wildman–Crippen MR) is 159 cm³/mol. The highest BCUT2D eigenvalue weighted by molar-refractivity contribution is 6.90. The van der Waals surface area contributed by atoms with Gasteiger partial charge in [-0.3, -0.25) is 0 Å². The van der Waals surface area contributed by atoms with Crippen molar-refractivity contribution in [3.63, 3.8) is 0 Å². The van der Waals surface area contributed by atoms with E-state index in [0.29, 0.717) is 30.3 Å². The Labute approximate surface area is 228 Å². The highest BCUT2D eigenvalue weighted by atomic mass is 28.5. The zero-order valence-corrected chi connectivity index (χ0v) is 28.9. The van der Waals surface area contributed by atoms with Gasteiger partial charge >= 0.3 is 14.8 Å². The second-order valence-electron chi connectivity index (χ2n) is 11.7. The van der Waals surface area contributed by atoms with Crippen molar-refractivity contribution < 1.29 is 36.1 Å². The van der Waals surface area contributed by atoms with Crippen molar-refractivity contribution in [1.82, 2.24) is 0 Å². The summed E-state index contributed by atoms with van der Waals surface area (Å²) in [6.07, 6.45) is 4.57. The van der Waals surface area contributed by atoms with E-state index in [1.807, 2.05) is 0 Å². The van der Waals surface area contributed by atoms with Gasteiger partial charge in [-0.05, 0) is 95.5 Å². The lowest BCUT2D eigenvalue weighted by Gasteiger charge is -2.43. The molecule has 0 fully saturated rings. The van der Waals surface area contributed by atoms with Gasteiger partial charge in [-0.1, -0.05) is 0 Å². The SMILES string of the molecule is COc1cc(C=CC(=O)OCCCC[Si](O[Si](C)(C)C)(O[Si](C)(C)C)O[Si](C)(C)C)cc(OC)c1OC. The van der Waals surface area contributed by atoms with Gasteiger partial charge in [0.25, 0.3) is 0 Å². The van der Waals surface area contributed by atoms with Gasteiger partial charge < -0.3 is 31.3 Å². The molecule has 0 radical (unpaired) electrons. The molecule has 0 aliphatic heterocycles. The van der Waals surface area contributed by atoms with Crippen molar-refractivity contribution in [2.24, 2.45) is 0 Å². The number of hydrogen-bond donors (Lipinski definition) is 0. The van der Waals surface area contributed by atoms with Crippen molar-refractivity contribution in [2.75, 3.05) is 27.9 Å². The molecule has 0 aliphatic carbocycles. The molecule has 0 heterocycles. The summed E-state index contributed by atoms with van der Waals surface area (Å²) in [6.45, 7) is 19.9. The van der Waals surface area contributed by atoms with Crippen molar-refractivity contribution in [2.45, 2.75) is 77.8 Å². The second-order valence-corrected chi connectivity index (χ2v) is 28.7. The average molecular weight is 589 g/mol. The van der Waals surface area contributed by atoms with E-state index in [1.54, 1.807) is 39.5 Å². The van der Waals surface area contributed by atoms with Gasteiger partial charge in [-0.2, -0.15) is 0 Å². The van der Waals surface area contributed by atoms with E-state index in [9.17, 15) is 4.79 Å². The molecule has 0 aliphatic rings. The van der Waals surface area contributed by atoms with E-state index in [4.69, 9.17) is 31.3 Å². The molecular weight excluding hydrogens is 541 g/mol. The van der Waals surface area contributed by atoms with Crippen molar-refractivity contribution in [3.8, 4) is 17.2 Å². The van der Waals surface area contributed by atoms with Crippen LogP contribution < -0.4 is 14.2 Å². The third-order valence-corrected chi connectivity index (χ3v) is 16.7. The first-order valence-electron chi connectivity index (χ1n) is 12.7. The fourth-order valence-electron chi connectivity index (χ4n) is 3.64. The second kappa shape index (κ2) is 14.1. The van der Waals surface area contributed by atoms with Gasteiger partial charge in [-0.25, -0.2) is 4.79 Å². The van der Waals surface area contributed by atoms with E-state index in [0.717, 1.165) is 18.0 Å². The lowest BCUT2D eigenvalue weighted by Crippen LogP contribution is -2.60. The maximum Gasteiger partial charge on any atom is 0.469 e. The van der Waals surface area contributed by atoms with Gasteiger partial charge in [0.1, 0.15) is 0 Å². The maximum absolute atomic E-state index is 12.3. The topological polar surface area (TPSA) is 81.7 Å². The standard InChI is InChI=1S/C25H48O8Si4/c1-27-22-19-21(20-23(28-2)25(22)29-3)15-16-24(26)30-17-13-14-18-37(31-34(4,5)6,32-35(7,8)9)33-36(10,11)12/h15-16,19-20H,13-14,17-18H2,1-12H3. The number of carbonyl (C=O) groups is 1. The van der Waals surface area contributed by atoms with Crippen molar-refractivity contribution >= 4 is 45.8 Å². The number of carbonyl (C=O) groups excluding carboxylic acids is 1. The van der Waals surface area contributed by atoms with Gasteiger partial charge in [0.15, 0.2) is 36.5 Å². The van der Waals surface area contributed by atoms with Gasteiger partial charge in [0, 0.05) is 12.1 Å². The average Bonchev–Trinajstić information content (AvgIpc) is 2.72. The van der Waals surface area contributed by atoms with Crippen LogP contribution in [0.25, 0.3) is 6.08 Å². The fourth-order valence-corrected chi connectivity index (χ4v) is 18.4. The number of esters is 1. The maximum atomic E-state index is 12.3. The van der Waals surface area contributed by atoms with E-state index < -0.39 is 39.7 Å². The fraction of sp³-hybridized carbons (Fsp3) is 0.640. The largest absolute Gasteiger partial charge is 0.493 e. The Bertz CT molecular complexity index is 836. The van der Waals surface area contributed by atoms with Crippen LogP contribution in [0.5, 0.6) is 17.2 Å². The molecule has 37 heavy (non-hydrogen) atoms. The highest BCUT2D eigenvalue weighted by Gasteiger charge is 2.49. The lowest BCUT2D eigenvalue weighted by atomic mass is 10.1. The number of benzene rings is 1. The van der Waals surface area contributed by atoms with Crippen LogP contribution in [0.15, 0.2) is 18.2 Å². The summed E-state index contributed by atoms with van der Waals surface area (Å²) in [5.41, 5.74) is 0.734. The van der Waals surface area contributed by atoms with Gasteiger partial charge in [0.2, 0.25) is 5.75 Å². The molecule has 0 amide bonds. The molecule has 12 heteroatoms. The van der Waals surface area contributed by atoms with E-state index in [2.05, 4.69) is 58.9 Å². The Morgan fingerprint density at radius 3 is 1.57 bits per heavy atom. The number of hydrogen-bond acceptors (Lipinski definition) is 8. The molecule has 8 nitrogen and oxygen atoms in total. The summed E-state index contributed by atoms with van der Waals surface area (Å²) in [6, 6.07) is 4.26. The summed E-state index contributed by atoms with van der Waals surface area (Å²) in [5, 5.41) is 0. The summed E-state index contributed by atoms with van der Waals surface area (Å²) in [7, 11) is -3.94. The number of methoxy groups -OCH3 is 3. The first-order valence-corrected chi connectivity index (χ1v) is 24.8. The molecule has 0 N–H and O–H groups in total. The van der Waals surface area contributed by atoms with Gasteiger partial charge in [-0.15, -0.1) is 0 Å². The molecule has 0 spiro atoms. The van der Waals surface area contributed by atoms with Crippen LogP contribution in [-0.2, 0) is 21.9 Å². The molecule has 0 bridgehead atoms. The quantitative estimate of drug-likeness (QED) is 0.0932. The Morgan fingerprint density at radius 2 is 1.19 bits per heavy atom. The number of ether oxygens (including phenoxy) is 4. The van der Waals surface area contributed by atoms with Crippen LogP contribution >= 0.6 is 0 Å². The Morgan fingerprint density at radius 1 is 0.730 bits per heavy atom. The predicted octanol–water partition coefficient (Wildman–Crippen LogP) is 6.54. The zero-order valence-electron chi connectivity index (χ0n) is 24.9.